The molecule has 0 saturated carbocycles. The molecule has 1 aliphatic rings. The van der Waals surface area contributed by atoms with E-state index in [0.29, 0.717) is 25.4 Å². The fourth-order valence-electron chi connectivity index (χ4n) is 3.06. The van der Waals surface area contributed by atoms with Crippen LogP contribution in [0.4, 0.5) is 0 Å². The minimum Gasteiger partial charge on any atom is -0.494 e. The summed E-state index contributed by atoms with van der Waals surface area (Å²) < 4.78 is 34.0. The molecule has 1 aliphatic heterocycles. The molecule has 0 spiro atoms. The molecule has 1 aromatic carbocycles. The highest BCUT2D eigenvalue weighted by molar-refractivity contribution is 7.89. The van der Waals surface area contributed by atoms with Crippen LogP contribution in [0.1, 0.15) is 19.9 Å². The number of hydrogen-bond donors (Lipinski definition) is 0. The monoisotopic (exact) mass is 392 g/mol. The average molecular weight is 392 g/mol. The van der Waals surface area contributed by atoms with Crippen LogP contribution < -0.4 is 4.74 Å². The van der Waals surface area contributed by atoms with E-state index in [1.165, 1.54) is 4.31 Å². The summed E-state index contributed by atoms with van der Waals surface area (Å²) in [5.41, 5.74) is 0. The van der Waals surface area contributed by atoms with Gasteiger partial charge in [0, 0.05) is 38.6 Å². The average Bonchev–Trinajstić information content (AvgIpc) is 3.22. The molecule has 146 valence electrons. The Labute approximate surface area is 159 Å². The second-order valence-electron chi connectivity index (χ2n) is 6.30. The molecule has 8 nitrogen and oxygen atoms in total. The molecule has 1 atom stereocenters. The van der Waals surface area contributed by atoms with E-state index in [0.717, 1.165) is 0 Å². The van der Waals surface area contributed by atoms with Crippen LogP contribution in [0, 0.1) is 0 Å². The summed E-state index contributed by atoms with van der Waals surface area (Å²) in [7, 11) is -3.58. The summed E-state index contributed by atoms with van der Waals surface area (Å²) in [6, 6.07) is 7.78. The second kappa shape index (κ2) is 8.10. The first-order valence-electron chi connectivity index (χ1n) is 8.94. The number of ether oxygens (including phenoxy) is 1. The third kappa shape index (κ3) is 4.14. The molecule has 3 rings (SSSR count). The summed E-state index contributed by atoms with van der Waals surface area (Å²) in [5, 5.41) is 4.10. The summed E-state index contributed by atoms with van der Waals surface area (Å²) in [6.07, 6.45) is 3.38. The molecule has 0 N–H and O–H groups in total. The molecular weight excluding hydrogens is 368 g/mol. The number of amides is 1. The Balaban J connectivity index is 1.63. The second-order valence-corrected chi connectivity index (χ2v) is 8.23. The van der Waals surface area contributed by atoms with Crippen LogP contribution in [0.3, 0.4) is 0 Å². The molecule has 2 aromatic rings. The number of piperazine rings is 1. The molecule has 1 aromatic heterocycles. The maximum Gasteiger partial charge on any atom is 0.247 e. The molecule has 1 fully saturated rings. The Bertz CT molecular complexity index is 857. The zero-order valence-electron chi connectivity index (χ0n) is 15.5. The number of sulfonamides is 1. The van der Waals surface area contributed by atoms with Gasteiger partial charge in [-0.3, -0.25) is 9.48 Å². The van der Waals surface area contributed by atoms with Gasteiger partial charge in [0.05, 0.1) is 11.5 Å². The highest BCUT2D eigenvalue weighted by atomic mass is 32.2. The van der Waals surface area contributed by atoms with E-state index in [-0.39, 0.29) is 23.9 Å². The van der Waals surface area contributed by atoms with Crippen molar-refractivity contribution in [3.63, 3.8) is 0 Å². The van der Waals surface area contributed by atoms with E-state index in [1.54, 1.807) is 59.2 Å². The fraction of sp³-hybridized carbons (Fsp3) is 0.444. The van der Waals surface area contributed by atoms with Gasteiger partial charge in [0.1, 0.15) is 11.8 Å². The lowest BCUT2D eigenvalue weighted by Crippen LogP contribution is -2.51. The molecule has 0 radical (unpaired) electrons. The van der Waals surface area contributed by atoms with Crippen LogP contribution in [-0.4, -0.2) is 66.1 Å². The van der Waals surface area contributed by atoms with Gasteiger partial charge in [0.25, 0.3) is 0 Å². The van der Waals surface area contributed by atoms with Crippen molar-refractivity contribution in [1.82, 2.24) is 19.0 Å². The number of aromatic nitrogens is 2. The van der Waals surface area contributed by atoms with Crippen molar-refractivity contribution in [3.8, 4) is 5.75 Å². The van der Waals surface area contributed by atoms with E-state index in [9.17, 15) is 13.2 Å². The Morgan fingerprint density at radius 2 is 1.85 bits per heavy atom. The van der Waals surface area contributed by atoms with Crippen molar-refractivity contribution in [3.05, 3.63) is 42.7 Å². The number of benzene rings is 1. The van der Waals surface area contributed by atoms with Crippen molar-refractivity contribution in [2.24, 2.45) is 0 Å². The van der Waals surface area contributed by atoms with Crippen LogP contribution >= 0.6 is 0 Å². The first-order chi connectivity index (χ1) is 12.9. The van der Waals surface area contributed by atoms with Crippen molar-refractivity contribution in [2.75, 3.05) is 32.8 Å². The SMILES string of the molecule is CCOc1ccc(S(=O)(=O)N2CCN(C(=O)[C@H](C)n3cccn3)CC2)cc1. The van der Waals surface area contributed by atoms with Gasteiger partial charge >= 0.3 is 0 Å². The van der Waals surface area contributed by atoms with Gasteiger partial charge in [-0.05, 0) is 44.2 Å². The maximum atomic E-state index is 12.8. The van der Waals surface area contributed by atoms with E-state index in [1.807, 2.05) is 6.92 Å². The predicted octanol–water partition coefficient (Wildman–Crippen LogP) is 1.38. The molecule has 9 heteroatoms. The number of hydrogen-bond acceptors (Lipinski definition) is 5. The van der Waals surface area contributed by atoms with Crippen molar-refractivity contribution < 1.29 is 17.9 Å². The number of rotatable bonds is 6. The molecule has 1 saturated heterocycles. The molecule has 0 bridgehead atoms. The number of nitrogens with zero attached hydrogens (tertiary/aromatic N) is 4. The van der Waals surface area contributed by atoms with Crippen molar-refractivity contribution >= 4 is 15.9 Å². The van der Waals surface area contributed by atoms with Gasteiger partial charge in [-0.1, -0.05) is 0 Å². The third-order valence-electron chi connectivity index (χ3n) is 4.60. The summed E-state index contributed by atoms with van der Waals surface area (Å²) in [5.74, 6) is 0.580. The van der Waals surface area contributed by atoms with Crippen LogP contribution in [0.15, 0.2) is 47.6 Å². The molecule has 0 unspecified atom stereocenters. The molecule has 27 heavy (non-hydrogen) atoms. The van der Waals surface area contributed by atoms with Crippen LogP contribution in [0.2, 0.25) is 0 Å². The minimum atomic E-state index is -3.58. The van der Waals surface area contributed by atoms with E-state index in [4.69, 9.17) is 4.74 Å². The molecule has 1 amide bonds. The Hall–Kier alpha value is -2.39. The van der Waals surface area contributed by atoms with E-state index < -0.39 is 16.1 Å². The summed E-state index contributed by atoms with van der Waals surface area (Å²) >= 11 is 0. The highest BCUT2D eigenvalue weighted by Gasteiger charge is 2.31. The van der Waals surface area contributed by atoms with Crippen molar-refractivity contribution in [2.45, 2.75) is 24.8 Å². The Morgan fingerprint density at radius 3 is 2.41 bits per heavy atom. The van der Waals surface area contributed by atoms with E-state index >= 15 is 0 Å². The van der Waals surface area contributed by atoms with Gasteiger partial charge in [-0.15, -0.1) is 0 Å². The zero-order chi connectivity index (χ0) is 19.4. The fourth-order valence-corrected chi connectivity index (χ4v) is 4.48. The van der Waals surface area contributed by atoms with Crippen LogP contribution in [-0.2, 0) is 14.8 Å². The summed E-state index contributed by atoms with van der Waals surface area (Å²) in [4.78, 5) is 14.5. The first-order valence-corrected chi connectivity index (χ1v) is 10.4. The van der Waals surface area contributed by atoms with Crippen LogP contribution in [0.25, 0.3) is 0 Å². The number of carbonyl (C=O) groups is 1. The minimum absolute atomic E-state index is 0.0585. The normalized spacial score (nSPS) is 16.9. The lowest BCUT2D eigenvalue weighted by Gasteiger charge is -2.35. The largest absolute Gasteiger partial charge is 0.494 e. The van der Waals surface area contributed by atoms with Gasteiger partial charge in [-0.25, -0.2) is 8.42 Å². The van der Waals surface area contributed by atoms with Gasteiger partial charge in [0.15, 0.2) is 0 Å². The quantitative estimate of drug-likeness (QED) is 0.741. The van der Waals surface area contributed by atoms with Gasteiger partial charge in [-0.2, -0.15) is 9.40 Å². The smallest absolute Gasteiger partial charge is 0.247 e. The Kier molecular flexibility index (Phi) is 5.81. The zero-order valence-corrected chi connectivity index (χ0v) is 16.3. The van der Waals surface area contributed by atoms with Crippen LogP contribution in [0.5, 0.6) is 5.75 Å². The van der Waals surface area contributed by atoms with Gasteiger partial charge < -0.3 is 9.64 Å². The predicted molar refractivity (Wildman–Crippen MR) is 99.9 cm³/mol. The molecule has 2 heterocycles. The third-order valence-corrected chi connectivity index (χ3v) is 6.51. The van der Waals surface area contributed by atoms with E-state index in [2.05, 4.69) is 5.10 Å². The topological polar surface area (TPSA) is 84.7 Å². The van der Waals surface area contributed by atoms with Crippen molar-refractivity contribution in [1.29, 1.82) is 0 Å². The summed E-state index contributed by atoms with van der Waals surface area (Å²) in [6.45, 7) is 5.46. The Morgan fingerprint density at radius 1 is 1.19 bits per heavy atom. The standard InChI is InChI=1S/C18H24N4O4S/c1-3-26-16-5-7-17(8-6-16)27(24,25)21-13-11-20(12-14-21)18(23)15(2)22-10-4-9-19-22/h4-10,15H,3,11-14H2,1-2H3/t15-/m0/s1. The molecular formula is C18H24N4O4S. The lowest BCUT2D eigenvalue weighted by atomic mass is 10.2. The maximum absolute atomic E-state index is 12.8. The molecule has 0 aliphatic carbocycles. The number of carbonyl (C=O) groups excluding carboxylic acids is 1. The van der Waals surface area contributed by atoms with Gasteiger partial charge in [0.2, 0.25) is 15.9 Å². The highest BCUT2D eigenvalue weighted by Crippen LogP contribution is 2.21. The lowest BCUT2D eigenvalue weighted by molar-refractivity contribution is -0.135. The first kappa shape index (κ1) is 19.4.